The molecule has 2 aromatic heterocycles. The van der Waals surface area contributed by atoms with Gasteiger partial charge in [0.15, 0.2) is 6.61 Å². The van der Waals surface area contributed by atoms with Crippen molar-refractivity contribution in [3.8, 4) is 0 Å². The Labute approximate surface area is 155 Å². The summed E-state index contributed by atoms with van der Waals surface area (Å²) in [7, 11) is 0. The van der Waals surface area contributed by atoms with E-state index in [1.165, 1.54) is 0 Å². The highest BCUT2D eigenvalue weighted by molar-refractivity contribution is 7.17. The van der Waals surface area contributed by atoms with Gasteiger partial charge in [0.1, 0.15) is 4.88 Å². The Balaban J connectivity index is 1.64. The average molecular weight is 382 g/mol. The van der Waals surface area contributed by atoms with E-state index >= 15 is 0 Å². The number of carbonyl (C=O) groups excluding carboxylic acids is 2. The normalized spacial score (nSPS) is 17.0. The maximum Gasteiger partial charge on any atom is 0.348 e. The van der Waals surface area contributed by atoms with Gasteiger partial charge in [0.25, 0.3) is 0 Å². The average Bonchev–Trinajstić information content (AvgIpc) is 3.30. The van der Waals surface area contributed by atoms with Gasteiger partial charge in [-0.3, -0.25) is 4.79 Å². The monoisotopic (exact) mass is 381 g/mol. The van der Waals surface area contributed by atoms with Crippen molar-refractivity contribution in [1.82, 2.24) is 4.57 Å². The SMILES string of the molecule is Cc1cc(C(=O)COC(=O)c2ccc(Cl)s2)c(C)n1C[C@@H]1CCCO1. The Morgan fingerprint density at radius 3 is 2.84 bits per heavy atom. The van der Waals surface area contributed by atoms with Crippen LogP contribution in [-0.4, -0.2) is 35.6 Å². The second-order valence-electron chi connectivity index (χ2n) is 6.13. The summed E-state index contributed by atoms with van der Waals surface area (Å²) in [5, 5.41) is 0. The van der Waals surface area contributed by atoms with Gasteiger partial charge in [-0.1, -0.05) is 11.6 Å². The van der Waals surface area contributed by atoms with Crippen molar-refractivity contribution in [1.29, 1.82) is 0 Å². The van der Waals surface area contributed by atoms with Gasteiger partial charge < -0.3 is 14.0 Å². The molecule has 0 aliphatic carbocycles. The third kappa shape index (κ3) is 4.14. The third-order valence-corrected chi connectivity index (χ3v) is 5.60. The summed E-state index contributed by atoms with van der Waals surface area (Å²) < 4.78 is 13.4. The van der Waals surface area contributed by atoms with Crippen molar-refractivity contribution >= 4 is 34.7 Å². The van der Waals surface area contributed by atoms with Crippen LogP contribution >= 0.6 is 22.9 Å². The second kappa shape index (κ2) is 7.72. The van der Waals surface area contributed by atoms with Crippen LogP contribution in [0.3, 0.4) is 0 Å². The Kier molecular flexibility index (Phi) is 5.61. The molecule has 1 aliphatic heterocycles. The smallest absolute Gasteiger partial charge is 0.348 e. The summed E-state index contributed by atoms with van der Waals surface area (Å²) in [4.78, 5) is 24.8. The van der Waals surface area contributed by atoms with Gasteiger partial charge in [-0.15, -0.1) is 11.3 Å². The second-order valence-corrected chi connectivity index (χ2v) is 7.85. The predicted octanol–water partition coefficient (Wildman–Crippen LogP) is 4.04. The van der Waals surface area contributed by atoms with E-state index in [1.807, 2.05) is 19.9 Å². The lowest BCUT2D eigenvalue weighted by molar-refractivity contribution is 0.0479. The molecule has 0 N–H and O–H groups in total. The molecule has 0 bridgehead atoms. The van der Waals surface area contributed by atoms with Gasteiger partial charge in [0.05, 0.1) is 10.4 Å². The molecule has 134 valence electrons. The first kappa shape index (κ1) is 18.2. The first-order chi connectivity index (χ1) is 12.0. The number of hydrogen-bond acceptors (Lipinski definition) is 5. The zero-order valence-corrected chi connectivity index (χ0v) is 15.8. The number of carbonyl (C=O) groups is 2. The van der Waals surface area contributed by atoms with Crippen molar-refractivity contribution < 1.29 is 19.1 Å². The lowest BCUT2D eigenvalue weighted by Crippen LogP contribution is -2.18. The van der Waals surface area contributed by atoms with E-state index in [1.54, 1.807) is 12.1 Å². The first-order valence-electron chi connectivity index (χ1n) is 8.19. The van der Waals surface area contributed by atoms with Crippen LogP contribution < -0.4 is 0 Å². The molecule has 0 aromatic carbocycles. The van der Waals surface area contributed by atoms with Crippen molar-refractivity contribution in [3.63, 3.8) is 0 Å². The predicted molar refractivity (Wildman–Crippen MR) is 96.8 cm³/mol. The molecule has 2 aromatic rings. The highest BCUT2D eigenvalue weighted by atomic mass is 35.5. The number of aromatic nitrogens is 1. The maximum atomic E-state index is 12.5. The van der Waals surface area contributed by atoms with Crippen LogP contribution in [0.25, 0.3) is 0 Å². The lowest BCUT2D eigenvalue weighted by atomic mass is 10.1. The Bertz CT molecular complexity index is 789. The number of hydrogen-bond donors (Lipinski definition) is 0. The molecule has 0 radical (unpaired) electrons. The standard InChI is InChI=1S/C18H20ClNO4S/c1-11-8-14(12(2)20(11)9-13-4-3-7-23-13)15(21)10-24-18(22)16-5-6-17(19)25-16/h5-6,8,13H,3-4,7,9-10H2,1-2H3/t13-/m0/s1. The molecule has 1 aliphatic rings. The number of ketones is 1. The Morgan fingerprint density at radius 1 is 1.40 bits per heavy atom. The van der Waals surface area contributed by atoms with E-state index in [9.17, 15) is 9.59 Å². The van der Waals surface area contributed by atoms with Crippen LogP contribution in [0.5, 0.6) is 0 Å². The molecule has 0 unspecified atom stereocenters. The first-order valence-corrected chi connectivity index (χ1v) is 9.39. The van der Waals surface area contributed by atoms with Crippen molar-refractivity contribution in [2.75, 3.05) is 13.2 Å². The summed E-state index contributed by atoms with van der Waals surface area (Å²) in [6.07, 6.45) is 2.33. The van der Waals surface area contributed by atoms with Gasteiger partial charge in [-0.2, -0.15) is 0 Å². The molecule has 25 heavy (non-hydrogen) atoms. The summed E-state index contributed by atoms with van der Waals surface area (Å²) >= 11 is 6.94. The van der Waals surface area contributed by atoms with Gasteiger partial charge in [0, 0.05) is 30.1 Å². The van der Waals surface area contributed by atoms with Crippen molar-refractivity contribution in [2.45, 2.75) is 39.3 Å². The number of Topliss-reactive ketones (excluding diaryl/α,β-unsaturated/α-hetero) is 1. The molecule has 3 rings (SSSR count). The molecular formula is C18H20ClNO4S. The van der Waals surface area contributed by atoms with Gasteiger partial charge in [0.2, 0.25) is 5.78 Å². The zero-order valence-electron chi connectivity index (χ0n) is 14.2. The fraction of sp³-hybridized carbons (Fsp3) is 0.444. The summed E-state index contributed by atoms with van der Waals surface area (Å²) in [6, 6.07) is 5.07. The molecule has 0 spiro atoms. The van der Waals surface area contributed by atoms with E-state index in [0.29, 0.717) is 14.8 Å². The molecule has 0 saturated carbocycles. The molecular weight excluding hydrogens is 362 g/mol. The number of nitrogens with zero attached hydrogens (tertiary/aromatic N) is 1. The minimum absolute atomic E-state index is 0.203. The number of esters is 1. The van der Waals surface area contributed by atoms with Crippen LogP contribution in [0.2, 0.25) is 4.34 Å². The lowest BCUT2D eigenvalue weighted by Gasteiger charge is -2.14. The minimum atomic E-state index is -0.529. The van der Waals surface area contributed by atoms with Crippen molar-refractivity contribution in [3.05, 3.63) is 44.4 Å². The molecule has 1 fully saturated rings. The minimum Gasteiger partial charge on any atom is -0.453 e. The maximum absolute atomic E-state index is 12.5. The largest absolute Gasteiger partial charge is 0.453 e. The van der Waals surface area contributed by atoms with Gasteiger partial charge in [-0.25, -0.2) is 4.79 Å². The van der Waals surface area contributed by atoms with E-state index in [-0.39, 0.29) is 18.5 Å². The van der Waals surface area contributed by atoms with Crippen LogP contribution in [0.4, 0.5) is 0 Å². The fourth-order valence-electron chi connectivity index (χ4n) is 3.06. The molecule has 1 atom stereocenters. The third-order valence-electron chi connectivity index (χ3n) is 4.39. The number of rotatable bonds is 6. The molecule has 3 heterocycles. The summed E-state index contributed by atoms with van der Waals surface area (Å²) in [5.74, 6) is -0.735. The number of aryl methyl sites for hydroxylation is 1. The van der Waals surface area contributed by atoms with Crippen LogP contribution in [0, 0.1) is 13.8 Å². The highest BCUT2D eigenvalue weighted by Gasteiger charge is 2.22. The highest BCUT2D eigenvalue weighted by Crippen LogP contribution is 2.23. The fourth-order valence-corrected chi connectivity index (χ4v) is 4.00. The van der Waals surface area contributed by atoms with Crippen LogP contribution in [-0.2, 0) is 16.0 Å². The number of thiophene rings is 1. The molecule has 5 nitrogen and oxygen atoms in total. The topological polar surface area (TPSA) is 57.5 Å². The van der Waals surface area contributed by atoms with Gasteiger partial charge >= 0.3 is 5.97 Å². The van der Waals surface area contributed by atoms with Gasteiger partial charge in [-0.05, 0) is 44.9 Å². The quantitative estimate of drug-likeness (QED) is 0.559. The van der Waals surface area contributed by atoms with Crippen LogP contribution in [0.1, 0.15) is 44.3 Å². The van der Waals surface area contributed by atoms with Crippen molar-refractivity contribution in [2.24, 2.45) is 0 Å². The number of halogens is 1. The van der Waals surface area contributed by atoms with E-state index < -0.39 is 5.97 Å². The molecule has 1 saturated heterocycles. The molecule has 0 amide bonds. The Morgan fingerprint density at radius 2 is 2.20 bits per heavy atom. The van der Waals surface area contributed by atoms with E-state index in [4.69, 9.17) is 21.1 Å². The summed E-state index contributed by atoms with van der Waals surface area (Å²) in [5.41, 5.74) is 2.48. The Hall–Kier alpha value is -1.63. The van der Waals surface area contributed by atoms with E-state index in [0.717, 1.165) is 48.7 Å². The number of ether oxygens (including phenoxy) is 2. The van der Waals surface area contributed by atoms with E-state index in [2.05, 4.69) is 4.57 Å². The van der Waals surface area contributed by atoms with Crippen LogP contribution in [0.15, 0.2) is 18.2 Å². The molecule has 7 heteroatoms. The summed E-state index contributed by atoms with van der Waals surface area (Å²) in [6.45, 7) is 5.16. The zero-order chi connectivity index (χ0) is 18.0.